The second-order valence-electron chi connectivity index (χ2n) is 8.06. The lowest BCUT2D eigenvalue weighted by Gasteiger charge is -2.26. The highest BCUT2D eigenvalue weighted by molar-refractivity contribution is 5.95. The molecule has 0 spiro atoms. The van der Waals surface area contributed by atoms with Crippen LogP contribution in [0.3, 0.4) is 0 Å². The van der Waals surface area contributed by atoms with Crippen LogP contribution in [-0.2, 0) is 25.7 Å². The smallest absolute Gasteiger partial charge is 0.345 e. The highest BCUT2D eigenvalue weighted by atomic mass is 19.4. The summed E-state index contributed by atoms with van der Waals surface area (Å²) >= 11 is 0. The second kappa shape index (κ2) is 8.70. The van der Waals surface area contributed by atoms with E-state index in [2.05, 4.69) is 25.5 Å². The Morgan fingerprint density at radius 2 is 1.94 bits per heavy atom. The predicted molar refractivity (Wildman–Crippen MR) is 113 cm³/mol. The number of carbonyl (C=O) groups excluding carboxylic acids is 2. The van der Waals surface area contributed by atoms with Crippen molar-refractivity contribution in [3.63, 3.8) is 0 Å². The number of rotatable bonds is 4. The summed E-state index contributed by atoms with van der Waals surface area (Å²) in [7, 11) is 0. The highest BCUT2D eigenvalue weighted by Gasteiger charge is 2.32. The van der Waals surface area contributed by atoms with Crippen molar-refractivity contribution in [2.24, 2.45) is 0 Å². The molecule has 4 aromatic heterocycles. The quantitative estimate of drug-likeness (QED) is 0.415. The summed E-state index contributed by atoms with van der Waals surface area (Å²) in [6.45, 7) is -0.151. The third-order valence-corrected chi connectivity index (χ3v) is 5.79. The Bertz CT molecular complexity index is 1490. The maximum Gasteiger partial charge on any atom is 0.417 e. The zero-order valence-electron chi connectivity index (χ0n) is 18.2. The number of nitrogens with zero attached hydrogens (tertiary/aromatic N) is 5. The van der Waals surface area contributed by atoms with Gasteiger partial charge in [0.2, 0.25) is 0 Å². The number of halogens is 5. The molecular formula is C22H16F5N7O2. The van der Waals surface area contributed by atoms with E-state index in [0.29, 0.717) is 42.1 Å². The molecule has 0 radical (unpaired) electrons. The Kier molecular flexibility index (Phi) is 5.65. The normalized spacial score (nSPS) is 13.6. The number of aromatic nitrogens is 5. The first-order valence-electron chi connectivity index (χ1n) is 10.6. The van der Waals surface area contributed by atoms with Gasteiger partial charge < -0.3 is 10.2 Å². The van der Waals surface area contributed by atoms with Crippen LogP contribution in [0.4, 0.5) is 22.0 Å². The van der Waals surface area contributed by atoms with Crippen LogP contribution in [0.5, 0.6) is 0 Å². The third-order valence-electron chi connectivity index (χ3n) is 5.79. The summed E-state index contributed by atoms with van der Waals surface area (Å²) in [5, 5.41) is 9.12. The van der Waals surface area contributed by atoms with Crippen molar-refractivity contribution in [2.75, 3.05) is 6.54 Å². The van der Waals surface area contributed by atoms with Gasteiger partial charge in [-0.05, 0) is 18.2 Å². The van der Waals surface area contributed by atoms with Crippen molar-refractivity contribution in [3.8, 4) is 0 Å². The molecule has 0 saturated heterocycles. The number of carbonyl (C=O) groups is 2. The Balaban J connectivity index is 1.31. The SMILES string of the molecule is O=C(NCc1ncc(C(F)(F)F)cc1F)c1n[nH]c2c1CN(C(=O)c1cnc3ccc(F)cn13)CC2. The van der Waals surface area contributed by atoms with E-state index in [1.807, 2.05) is 0 Å². The van der Waals surface area contributed by atoms with Gasteiger partial charge in [0.05, 0.1) is 30.5 Å². The predicted octanol–water partition coefficient (Wildman–Crippen LogP) is 2.88. The summed E-state index contributed by atoms with van der Waals surface area (Å²) in [5.74, 6) is -2.90. The fraction of sp³-hybridized carbons (Fsp3) is 0.227. The molecule has 0 aromatic carbocycles. The summed E-state index contributed by atoms with van der Waals surface area (Å²) < 4.78 is 67.1. The van der Waals surface area contributed by atoms with E-state index in [0.717, 1.165) is 6.20 Å². The Hall–Kier alpha value is -4.36. The van der Waals surface area contributed by atoms with E-state index in [4.69, 9.17) is 0 Å². The maximum absolute atomic E-state index is 14.0. The van der Waals surface area contributed by atoms with E-state index < -0.39 is 41.7 Å². The first-order valence-corrected chi connectivity index (χ1v) is 10.6. The number of hydrogen-bond acceptors (Lipinski definition) is 5. The van der Waals surface area contributed by atoms with E-state index in [1.165, 1.54) is 27.6 Å². The lowest BCUT2D eigenvalue weighted by atomic mass is 10.0. The molecule has 1 aliphatic rings. The summed E-state index contributed by atoms with van der Waals surface area (Å²) in [6.07, 6.45) is -1.42. The molecule has 9 nitrogen and oxygen atoms in total. The van der Waals surface area contributed by atoms with Gasteiger partial charge in [0.25, 0.3) is 11.8 Å². The van der Waals surface area contributed by atoms with Gasteiger partial charge in [-0.3, -0.25) is 24.1 Å². The molecule has 5 heterocycles. The van der Waals surface area contributed by atoms with Crippen molar-refractivity contribution in [1.82, 2.24) is 34.8 Å². The highest BCUT2D eigenvalue weighted by Crippen LogP contribution is 2.29. The number of amides is 2. The van der Waals surface area contributed by atoms with E-state index in [1.54, 1.807) is 0 Å². The zero-order valence-corrected chi connectivity index (χ0v) is 18.2. The molecule has 2 amide bonds. The molecule has 4 aromatic rings. The minimum absolute atomic E-state index is 0.0167. The average molecular weight is 505 g/mol. The molecule has 0 unspecified atom stereocenters. The average Bonchev–Trinajstić information content (AvgIpc) is 3.45. The first kappa shape index (κ1) is 23.4. The van der Waals surface area contributed by atoms with Gasteiger partial charge in [0, 0.05) is 36.6 Å². The van der Waals surface area contributed by atoms with Crippen LogP contribution in [0, 0.1) is 11.6 Å². The van der Waals surface area contributed by atoms with Crippen LogP contribution in [0.1, 0.15) is 43.5 Å². The minimum Gasteiger partial charge on any atom is -0.345 e. The maximum atomic E-state index is 14.0. The van der Waals surface area contributed by atoms with Crippen molar-refractivity contribution in [1.29, 1.82) is 0 Å². The molecule has 0 atom stereocenters. The minimum atomic E-state index is -4.75. The van der Waals surface area contributed by atoms with Crippen LogP contribution in [-0.4, -0.2) is 47.8 Å². The van der Waals surface area contributed by atoms with Crippen molar-refractivity contribution < 1.29 is 31.5 Å². The molecule has 36 heavy (non-hydrogen) atoms. The molecule has 0 bridgehead atoms. The lowest BCUT2D eigenvalue weighted by molar-refractivity contribution is -0.138. The number of alkyl halides is 3. The lowest BCUT2D eigenvalue weighted by Crippen LogP contribution is -2.37. The van der Waals surface area contributed by atoms with Gasteiger partial charge in [-0.1, -0.05) is 0 Å². The molecule has 14 heteroatoms. The molecule has 2 N–H and O–H groups in total. The topological polar surface area (TPSA) is 108 Å². The molecule has 0 saturated carbocycles. The van der Waals surface area contributed by atoms with Gasteiger partial charge in [0.15, 0.2) is 5.69 Å². The number of imidazole rings is 1. The van der Waals surface area contributed by atoms with Crippen LogP contribution >= 0.6 is 0 Å². The standard InChI is InChI=1S/C22H16F5N7O2/c23-12-1-2-18-29-8-17(34(18)9-12)21(36)33-4-3-15-13(10-33)19(32-31-15)20(35)30-7-16-14(24)5-11(6-28-16)22(25,26)27/h1-2,5-6,8-9H,3-4,7,10H2,(H,30,35)(H,31,32). The monoisotopic (exact) mass is 505 g/mol. The number of hydrogen-bond donors (Lipinski definition) is 2. The molecule has 5 rings (SSSR count). The number of nitrogens with one attached hydrogen (secondary N) is 2. The zero-order chi connectivity index (χ0) is 25.6. The Morgan fingerprint density at radius 3 is 2.69 bits per heavy atom. The van der Waals surface area contributed by atoms with Crippen molar-refractivity contribution in [2.45, 2.75) is 25.7 Å². The molecular weight excluding hydrogens is 489 g/mol. The molecule has 0 aliphatic carbocycles. The fourth-order valence-corrected chi connectivity index (χ4v) is 3.93. The van der Waals surface area contributed by atoms with E-state index in [9.17, 15) is 31.5 Å². The number of H-pyrrole nitrogens is 1. The van der Waals surface area contributed by atoms with Gasteiger partial charge in [-0.2, -0.15) is 18.3 Å². The second-order valence-corrected chi connectivity index (χ2v) is 8.06. The van der Waals surface area contributed by atoms with Crippen LogP contribution in [0.25, 0.3) is 5.65 Å². The van der Waals surface area contributed by atoms with E-state index in [-0.39, 0.29) is 23.6 Å². The molecule has 1 aliphatic heterocycles. The van der Waals surface area contributed by atoms with Crippen LogP contribution in [0.2, 0.25) is 0 Å². The van der Waals surface area contributed by atoms with Crippen molar-refractivity contribution in [3.05, 3.63) is 82.3 Å². The number of fused-ring (bicyclic) bond motifs is 2. The van der Waals surface area contributed by atoms with Gasteiger partial charge in [-0.25, -0.2) is 13.8 Å². The third kappa shape index (κ3) is 4.25. The van der Waals surface area contributed by atoms with Gasteiger partial charge in [0.1, 0.15) is 23.0 Å². The molecule has 0 fully saturated rings. The van der Waals surface area contributed by atoms with Gasteiger partial charge in [-0.15, -0.1) is 0 Å². The Labute approximate surface area is 199 Å². The molecule has 186 valence electrons. The summed E-state index contributed by atoms with van der Waals surface area (Å²) in [4.78, 5) is 34.9. The number of pyridine rings is 2. The largest absolute Gasteiger partial charge is 0.417 e. The fourth-order valence-electron chi connectivity index (χ4n) is 3.93. The van der Waals surface area contributed by atoms with E-state index >= 15 is 0 Å². The first-order chi connectivity index (χ1) is 17.1. The van der Waals surface area contributed by atoms with Crippen LogP contribution < -0.4 is 5.32 Å². The Morgan fingerprint density at radius 1 is 1.14 bits per heavy atom. The number of aromatic amines is 1. The summed E-state index contributed by atoms with van der Waals surface area (Å²) in [5.41, 5.74) is -0.0530. The van der Waals surface area contributed by atoms with Gasteiger partial charge >= 0.3 is 6.18 Å². The summed E-state index contributed by atoms with van der Waals surface area (Å²) in [6, 6.07) is 2.97. The van der Waals surface area contributed by atoms with Crippen molar-refractivity contribution >= 4 is 17.5 Å². The van der Waals surface area contributed by atoms with Crippen LogP contribution in [0.15, 0.2) is 36.8 Å².